The third kappa shape index (κ3) is 2.27. The quantitative estimate of drug-likeness (QED) is 0.723. The number of hydrogen-bond acceptors (Lipinski definition) is 3. The van der Waals surface area contributed by atoms with Crippen LogP contribution in [0.25, 0.3) is 0 Å². The normalized spacial score (nSPS) is 38.4. The molecule has 2 aliphatic rings. The molecule has 2 unspecified atom stereocenters. The Kier molecular flexibility index (Phi) is 3.10. The minimum atomic E-state index is 0.483. The molecule has 2 heterocycles. The molecule has 0 saturated carbocycles. The van der Waals surface area contributed by atoms with E-state index in [-0.39, 0.29) is 0 Å². The number of nitrogens with zero attached hydrogens (tertiary/aromatic N) is 1. The van der Waals surface area contributed by atoms with Gasteiger partial charge in [-0.25, -0.2) is 0 Å². The van der Waals surface area contributed by atoms with E-state index in [2.05, 4.69) is 24.2 Å². The monoisotopic (exact) mass is 198 g/mol. The minimum Gasteiger partial charge on any atom is -0.380 e. The summed E-state index contributed by atoms with van der Waals surface area (Å²) in [7, 11) is 2.24. The van der Waals surface area contributed by atoms with E-state index in [1.165, 1.54) is 32.5 Å². The van der Waals surface area contributed by atoms with E-state index in [1.807, 2.05) is 0 Å². The van der Waals surface area contributed by atoms with Crippen molar-refractivity contribution in [3.8, 4) is 0 Å². The van der Waals surface area contributed by atoms with Gasteiger partial charge in [-0.3, -0.25) is 0 Å². The van der Waals surface area contributed by atoms with Gasteiger partial charge < -0.3 is 15.0 Å². The molecule has 14 heavy (non-hydrogen) atoms. The molecule has 2 saturated heterocycles. The van der Waals surface area contributed by atoms with Crippen LogP contribution in [0.15, 0.2) is 0 Å². The van der Waals surface area contributed by atoms with E-state index in [4.69, 9.17) is 4.74 Å². The maximum Gasteiger partial charge on any atom is 0.0622 e. The van der Waals surface area contributed by atoms with Gasteiger partial charge in [-0.2, -0.15) is 0 Å². The number of nitrogens with one attached hydrogen (secondary N) is 1. The van der Waals surface area contributed by atoms with Crippen LogP contribution in [0.5, 0.6) is 0 Å². The van der Waals surface area contributed by atoms with Crippen molar-refractivity contribution in [1.29, 1.82) is 0 Å². The molecule has 0 aliphatic carbocycles. The first-order valence-corrected chi connectivity index (χ1v) is 5.68. The van der Waals surface area contributed by atoms with Gasteiger partial charge >= 0.3 is 0 Å². The van der Waals surface area contributed by atoms with Gasteiger partial charge in [0, 0.05) is 25.7 Å². The Morgan fingerprint density at radius 1 is 1.57 bits per heavy atom. The Morgan fingerprint density at radius 2 is 2.43 bits per heavy atom. The first-order valence-electron chi connectivity index (χ1n) is 5.68. The molecule has 0 aromatic rings. The van der Waals surface area contributed by atoms with Gasteiger partial charge in [0.2, 0.25) is 0 Å². The molecule has 2 fully saturated rings. The van der Waals surface area contributed by atoms with Gasteiger partial charge in [-0.05, 0) is 31.8 Å². The average Bonchev–Trinajstić information content (AvgIpc) is 2.74. The lowest BCUT2D eigenvalue weighted by Gasteiger charge is -2.32. The molecule has 0 bridgehead atoms. The summed E-state index contributed by atoms with van der Waals surface area (Å²) in [5.41, 5.74) is 0.483. The second kappa shape index (κ2) is 4.17. The zero-order valence-electron chi connectivity index (χ0n) is 9.38. The van der Waals surface area contributed by atoms with Crippen LogP contribution in [0.4, 0.5) is 0 Å². The third-order valence-electron chi connectivity index (χ3n) is 3.62. The van der Waals surface area contributed by atoms with Crippen molar-refractivity contribution in [2.45, 2.75) is 25.8 Å². The fourth-order valence-electron chi connectivity index (χ4n) is 2.60. The summed E-state index contributed by atoms with van der Waals surface area (Å²) in [4.78, 5) is 2.49. The van der Waals surface area contributed by atoms with Crippen molar-refractivity contribution in [3.63, 3.8) is 0 Å². The molecule has 2 atom stereocenters. The van der Waals surface area contributed by atoms with Gasteiger partial charge in [-0.1, -0.05) is 6.92 Å². The highest BCUT2D eigenvalue weighted by molar-refractivity contribution is 4.88. The fourth-order valence-corrected chi connectivity index (χ4v) is 2.60. The van der Waals surface area contributed by atoms with Crippen LogP contribution in [-0.4, -0.2) is 50.8 Å². The molecular weight excluding hydrogens is 176 g/mol. The summed E-state index contributed by atoms with van der Waals surface area (Å²) in [6.45, 7) is 7.83. The van der Waals surface area contributed by atoms with Crippen molar-refractivity contribution in [2.24, 2.45) is 5.41 Å². The van der Waals surface area contributed by atoms with Crippen molar-refractivity contribution < 1.29 is 4.74 Å². The van der Waals surface area contributed by atoms with Crippen LogP contribution in [0.1, 0.15) is 19.8 Å². The summed E-state index contributed by atoms with van der Waals surface area (Å²) in [6.07, 6.45) is 2.52. The molecule has 1 N–H and O–H groups in total. The number of likely N-dealkylation sites (N-methyl/N-ethyl adjacent to an activating group) is 1. The molecule has 0 aromatic carbocycles. The number of hydrogen-bond donors (Lipinski definition) is 1. The molecule has 0 radical (unpaired) electrons. The predicted molar refractivity (Wildman–Crippen MR) is 57.4 cm³/mol. The Morgan fingerprint density at radius 3 is 3.00 bits per heavy atom. The second-order valence-corrected chi connectivity index (χ2v) is 5.17. The van der Waals surface area contributed by atoms with E-state index in [1.54, 1.807) is 0 Å². The largest absolute Gasteiger partial charge is 0.380 e. The van der Waals surface area contributed by atoms with E-state index >= 15 is 0 Å². The average molecular weight is 198 g/mol. The lowest BCUT2D eigenvalue weighted by atomic mass is 9.89. The third-order valence-corrected chi connectivity index (χ3v) is 3.62. The van der Waals surface area contributed by atoms with Gasteiger partial charge in [0.1, 0.15) is 0 Å². The molecule has 0 aromatic heterocycles. The van der Waals surface area contributed by atoms with Crippen molar-refractivity contribution in [2.75, 3.05) is 39.9 Å². The lowest BCUT2D eigenvalue weighted by Crippen LogP contribution is -2.41. The van der Waals surface area contributed by atoms with Crippen molar-refractivity contribution in [1.82, 2.24) is 10.2 Å². The number of ether oxygens (including phenoxy) is 1. The maximum atomic E-state index is 5.42. The molecule has 3 heteroatoms. The lowest BCUT2D eigenvalue weighted by molar-refractivity contribution is 0.129. The van der Waals surface area contributed by atoms with Gasteiger partial charge in [0.15, 0.2) is 0 Å². The standard InChI is InChI=1S/C11H22N2O/c1-11(4-5-12-8-11)9-13(2)10-3-6-14-7-10/h10,12H,3-9H2,1-2H3. The van der Waals surface area contributed by atoms with E-state index < -0.39 is 0 Å². The van der Waals surface area contributed by atoms with Crippen LogP contribution in [-0.2, 0) is 4.74 Å². The van der Waals surface area contributed by atoms with Crippen LogP contribution >= 0.6 is 0 Å². The zero-order valence-corrected chi connectivity index (χ0v) is 9.38. The Labute approximate surface area is 86.8 Å². The van der Waals surface area contributed by atoms with Crippen LogP contribution in [0, 0.1) is 5.41 Å². The summed E-state index contributed by atoms with van der Waals surface area (Å²) in [5.74, 6) is 0. The smallest absolute Gasteiger partial charge is 0.0622 e. The van der Waals surface area contributed by atoms with Gasteiger partial charge in [0.05, 0.1) is 6.61 Å². The molecular formula is C11H22N2O. The van der Waals surface area contributed by atoms with Crippen LogP contribution in [0.3, 0.4) is 0 Å². The first kappa shape index (κ1) is 10.4. The predicted octanol–water partition coefficient (Wildman–Crippen LogP) is 0.707. The summed E-state index contributed by atoms with van der Waals surface area (Å²) < 4.78 is 5.42. The van der Waals surface area contributed by atoms with Crippen molar-refractivity contribution in [3.05, 3.63) is 0 Å². The van der Waals surface area contributed by atoms with Crippen LogP contribution in [0.2, 0.25) is 0 Å². The maximum absolute atomic E-state index is 5.42. The fraction of sp³-hybridized carbons (Fsp3) is 1.00. The Hall–Kier alpha value is -0.120. The Balaban J connectivity index is 1.83. The summed E-state index contributed by atoms with van der Waals surface area (Å²) in [6, 6.07) is 0.660. The molecule has 0 amide bonds. The van der Waals surface area contributed by atoms with E-state index in [0.29, 0.717) is 11.5 Å². The molecule has 3 nitrogen and oxygen atoms in total. The number of rotatable bonds is 3. The molecule has 2 rings (SSSR count). The highest BCUT2D eigenvalue weighted by atomic mass is 16.5. The van der Waals surface area contributed by atoms with Crippen LogP contribution < -0.4 is 5.32 Å². The zero-order chi connectivity index (χ0) is 10.0. The van der Waals surface area contributed by atoms with Gasteiger partial charge in [-0.15, -0.1) is 0 Å². The van der Waals surface area contributed by atoms with E-state index in [9.17, 15) is 0 Å². The molecule has 82 valence electrons. The highest BCUT2D eigenvalue weighted by Crippen LogP contribution is 2.26. The summed E-state index contributed by atoms with van der Waals surface area (Å²) >= 11 is 0. The minimum absolute atomic E-state index is 0.483. The van der Waals surface area contributed by atoms with E-state index in [0.717, 1.165) is 13.2 Å². The highest BCUT2D eigenvalue weighted by Gasteiger charge is 2.32. The van der Waals surface area contributed by atoms with Gasteiger partial charge in [0.25, 0.3) is 0 Å². The molecule has 0 spiro atoms. The first-order chi connectivity index (χ1) is 6.70. The molecule has 2 aliphatic heterocycles. The Bertz CT molecular complexity index is 184. The van der Waals surface area contributed by atoms with Crippen molar-refractivity contribution >= 4 is 0 Å². The second-order valence-electron chi connectivity index (χ2n) is 5.17. The topological polar surface area (TPSA) is 24.5 Å². The SMILES string of the molecule is CN(CC1(C)CCNC1)C1CCOC1. The summed E-state index contributed by atoms with van der Waals surface area (Å²) in [5, 5.41) is 3.45.